The second kappa shape index (κ2) is 13.3. The lowest BCUT2D eigenvalue weighted by Gasteiger charge is -2.36. The van der Waals surface area contributed by atoms with E-state index in [9.17, 15) is 13.2 Å². The summed E-state index contributed by atoms with van der Waals surface area (Å²) in [5.41, 5.74) is 10.6. The minimum atomic E-state index is -4.02. The Morgan fingerprint density at radius 1 is 1.02 bits per heavy atom. The zero-order valence-electron chi connectivity index (χ0n) is 24.5. The van der Waals surface area contributed by atoms with Crippen LogP contribution < -0.4 is 10.6 Å². The number of unbranched alkanes of at least 4 members (excludes halogenated alkanes) is 1. The van der Waals surface area contributed by atoms with Crippen LogP contribution in [0.15, 0.2) is 82.4 Å². The molecule has 0 atom stereocenters. The molecule has 1 fully saturated rings. The summed E-state index contributed by atoms with van der Waals surface area (Å²) in [6.45, 7) is 6.97. The summed E-state index contributed by atoms with van der Waals surface area (Å²) in [7, 11) is -4.02. The number of hydrogen-bond acceptors (Lipinski definition) is 7. The number of carbonyl (C=O) groups is 1. The molecule has 2 aromatic heterocycles. The average Bonchev–Trinajstić information content (AvgIpc) is 3.63. The van der Waals surface area contributed by atoms with Gasteiger partial charge in [0.15, 0.2) is 5.76 Å². The molecule has 4 N–H and O–H groups in total. The van der Waals surface area contributed by atoms with Crippen molar-refractivity contribution >= 4 is 43.4 Å². The predicted octanol–water partition coefficient (Wildman–Crippen LogP) is 5.27. The second-order valence-corrected chi connectivity index (χ2v) is 12.4. The molecule has 0 aliphatic carbocycles. The van der Waals surface area contributed by atoms with Gasteiger partial charge in [-0.2, -0.15) is 13.7 Å². The number of fused-ring (bicyclic) bond motifs is 2. The van der Waals surface area contributed by atoms with Gasteiger partial charge in [-0.3, -0.25) is 14.2 Å². The number of benzene rings is 3. The minimum absolute atomic E-state index is 0.0666. The second-order valence-electron chi connectivity index (χ2n) is 11.0. The van der Waals surface area contributed by atoms with E-state index in [2.05, 4.69) is 33.1 Å². The molecule has 0 spiro atoms. The highest BCUT2D eigenvalue weighted by Crippen LogP contribution is 2.27. The number of nitrogens with two attached hydrogens (primary N) is 1. The number of aromatic amines is 1. The summed E-state index contributed by atoms with van der Waals surface area (Å²) >= 11 is 0. The van der Waals surface area contributed by atoms with E-state index in [1.54, 1.807) is 18.4 Å². The molecule has 1 aliphatic heterocycles. The maximum absolute atomic E-state index is 11.5. The van der Waals surface area contributed by atoms with Crippen molar-refractivity contribution in [2.75, 3.05) is 37.6 Å². The normalized spacial score (nSPS) is 13.9. The fraction of sp³-hybridized carbons (Fsp3) is 0.273. The van der Waals surface area contributed by atoms with E-state index in [-0.39, 0.29) is 10.7 Å². The molecule has 5 aromatic rings. The lowest BCUT2D eigenvalue weighted by molar-refractivity contribution is 0.0976. The third-order valence-electron chi connectivity index (χ3n) is 7.93. The van der Waals surface area contributed by atoms with Gasteiger partial charge in [-0.15, -0.1) is 0 Å². The summed E-state index contributed by atoms with van der Waals surface area (Å²) in [6, 6.07) is 20.1. The summed E-state index contributed by atoms with van der Waals surface area (Å²) in [4.78, 5) is 19.6. The van der Waals surface area contributed by atoms with Crippen molar-refractivity contribution in [2.45, 2.75) is 31.1 Å². The van der Waals surface area contributed by atoms with Gasteiger partial charge in [-0.05, 0) is 86.8 Å². The van der Waals surface area contributed by atoms with Crippen LogP contribution in [0.5, 0.6) is 0 Å². The van der Waals surface area contributed by atoms with Crippen LogP contribution in [-0.2, 0) is 16.5 Å². The Labute approximate surface area is 256 Å². The molecule has 1 aliphatic rings. The fourth-order valence-corrected chi connectivity index (χ4v) is 5.95. The summed E-state index contributed by atoms with van der Waals surface area (Å²) in [5.74, 6) is -0.317. The van der Waals surface area contributed by atoms with Gasteiger partial charge in [0, 0.05) is 59.7 Å². The number of primary amides is 1. The topological polar surface area (TPSA) is 157 Å². The smallest absolute Gasteiger partial charge is 0.294 e. The van der Waals surface area contributed by atoms with Crippen LogP contribution in [0.3, 0.4) is 0 Å². The number of furan rings is 1. The molecule has 10 nitrogen and oxygen atoms in total. The number of nitrogens with one attached hydrogen (secondary N) is 1. The number of nitrogens with zero attached hydrogens (tertiary/aromatic N) is 3. The maximum Gasteiger partial charge on any atom is 0.294 e. The molecule has 0 unspecified atom stereocenters. The summed E-state index contributed by atoms with van der Waals surface area (Å²) < 4.78 is 34.9. The Morgan fingerprint density at radius 3 is 2.45 bits per heavy atom. The first-order valence-corrected chi connectivity index (χ1v) is 15.9. The first-order chi connectivity index (χ1) is 21.1. The first-order valence-electron chi connectivity index (χ1n) is 14.4. The number of amides is 1. The monoisotopic (exact) mass is 613 g/mol. The molecule has 0 saturated carbocycles. The van der Waals surface area contributed by atoms with Crippen LogP contribution >= 0.6 is 0 Å². The quantitative estimate of drug-likeness (QED) is 0.158. The zero-order valence-corrected chi connectivity index (χ0v) is 25.3. The predicted molar refractivity (Wildman–Crippen MR) is 170 cm³/mol. The van der Waals surface area contributed by atoms with Crippen molar-refractivity contribution in [1.82, 2.24) is 9.88 Å². The largest absolute Gasteiger partial charge is 0.458 e. The first kappa shape index (κ1) is 30.8. The van der Waals surface area contributed by atoms with Crippen molar-refractivity contribution in [1.29, 1.82) is 5.26 Å². The highest BCUT2D eigenvalue weighted by atomic mass is 32.2. The summed E-state index contributed by atoms with van der Waals surface area (Å²) in [6.07, 6.45) is 6.98. The molecule has 3 aromatic carbocycles. The molecule has 3 heterocycles. The third kappa shape index (κ3) is 7.29. The molecule has 1 saturated heterocycles. The Balaban J connectivity index is 0.000000296. The Bertz CT molecular complexity index is 1910. The molecule has 1 amide bonds. The number of H-pyrrole nitrogens is 1. The van der Waals surface area contributed by atoms with Gasteiger partial charge in [-0.25, -0.2) is 0 Å². The molecule has 6 rings (SSSR count). The molecule has 0 bridgehead atoms. The van der Waals surface area contributed by atoms with Crippen molar-refractivity contribution in [3.8, 4) is 6.07 Å². The van der Waals surface area contributed by atoms with Gasteiger partial charge in [0.05, 0.1) is 22.8 Å². The van der Waals surface area contributed by atoms with Crippen LogP contribution in [0.2, 0.25) is 0 Å². The van der Waals surface area contributed by atoms with E-state index < -0.39 is 16.0 Å². The Hall–Kier alpha value is -4.63. The molecule has 11 heteroatoms. The number of carbonyl (C=O) groups excluding carboxylic acids is 1. The van der Waals surface area contributed by atoms with Gasteiger partial charge in [0.2, 0.25) is 0 Å². The SMILES string of the molecule is Cc1ccc(S(=O)(=O)O)cc1.N#Cc1ccc2[nH]cc(CCCCN3CCN(c4ccc5c(C(N)=O)occ5c4)CC3)c2c1. The van der Waals surface area contributed by atoms with Crippen LogP contribution in [0.1, 0.15) is 40.1 Å². The highest BCUT2D eigenvalue weighted by molar-refractivity contribution is 7.85. The van der Waals surface area contributed by atoms with E-state index in [0.29, 0.717) is 5.56 Å². The van der Waals surface area contributed by atoms with E-state index >= 15 is 0 Å². The van der Waals surface area contributed by atoms with Gasteiger partial charge < -0.3 is 20.0 Å². The van der Waals surface area contributed by atoms with Crippen LogP contribution in [0, 0.1) is 18.3 Å². The third-order valence-corrected chi connectivity index (χ3v) is 8.80. The number of aryl methyl sites for hydroxylation is 2. The molecule has 44 heavy (non-hydrogen) atoms. The lowest BCUT2D eigenvalue weighted by atomic mass is 10.0. The van der Waals surface area contributed by atoms with Crippen LogP contribution in [-0.4, -0.2) is 61.5 Å². The van der Waals surface area contributed by atoms with Gasteiger partial charge in [0.25, 0.3) is 16.0 Å². The number of piperazine rings is 1. The zero-order chi connectivity index (χ0) is 31.3. The van der Waals surface area contributed by atoms with Crippen molar-refractivity contribution < 1.29 is 22.2 Å². The fourth-order valence-electron chi connectivity index (χ4n) is 5.47. The minimum Gasteiger partial charge on any atom is -0.458 e. The maximum atomic E-state index is 11.5. The molecular weight excluding hydrogens is 578 g/mol. The van der Waals surface area contributed by atoms with Crippen molar-refractivity contribution in [3.05, 3.63) is 95.6 Å². The lowest BCUT2D eigenvalue weighted by Crippen LogP contribution is -2.46. The van der Waals surface area contributed by atoms with Gasteiger partial charge >= 0.3 is 0 Å². The van der Waals surface area contributed by atoms with Gasteiger partial charge in [0.1, 0.15) is 0 Å². The highest BCUT2D eigenvalue weighted by Gasteiger charge is 2.19. The molecule has 0 radical (unpaired) electrons. The average molecular weight is 614 g/mol. The molecule has 228 valence electrons. The van der Waals surface area contributed by atoms with E-state index in [1.807, 2.05) is 37.3 Å². The number of hydrogen-bond donors (Lipinski definition) is 3. The summed E-state index contributed by atoms with van der Waals surface area (Å²) in [5, 5.41) is 12.0. The number of aromatic nitrogens is 1. The van der Waals surface area contributed by atoms with Crippen LogP contribution in [0.25, 0.3) is 21.7 Å². The number of anilines is 1. The number of nitriles is 1. The molecular formula is C33H35N5O5S. The standard InChI is InChI=1S/C26H27N5O2.C7H8O3S/c27-15-18-4-7-24-23(13-18)19(16-29-24)3-1-2-8-30-9-11-31(12-10-30)21-5-6-22-20(14-21)17-33-25(22)26(28)32;1-6-2-4-7(5-3-6)11(8,9)10/h4-7,13-14,16-17,29H,1-3,8-12H2,(H2,28,32);2-5H,1H3,(H,8,9,10). The van der Waals surface area contributed by atoms with Crippen molar-refractivity contribution in [3.63, 3.8) is 0 Å². The van der Waals surface area contributed by atoms with Crippen LogP contribution in [0.4, 0.5) is 5.69 Å². The van der Waals surface area contributed by atoms with Gasteiger partial charge in [-0.1, -0.05) is 17.7 Å². The Morgan fingerprint density at radius 2 is 1.77 bits per heavy atom. The van der Waals surface area contributed by atoms with E-state index in [1.165, 1.54) is 23.1 Å². The van der Waals surface area contributed by atoms with Crippen molar-refractivity contribution in [2.24, 2.45) is 5.73 Å². The van der Waals surface area contributed by atoms with E-state index in [0.717, 1.165) is 79.5 Å². The van der Waals surface area contributed by atoms with E-state index in [4.69, 9.17) is 20.0 Å². The number of rotatable bonds is 8. The Kier molecular flexibility index (Phi) is 9.35.